The van der Waals surface area contributed by atoms with Crippen LogP contribution in [0.4, 0.5) is 4.79 Å². The molecule has 2 aromatic rings. The fourth-order valence-electron chi connectivity index (χ4n) is 3.66. The third-order valence-electron chi connectivity index (χ3n) is 5.02. The van der Waals surface area contributed by atoms with Crippen LogP contribution >= 0.6 is 0 Å². The monoisotopic (exact) mass is 496 g/mol. The van der Waals surface area contributed by atoms with Crippen LogP contribution in [0.25, 0.3) is 33.4 Å². The highest BCUT2D eigenvalue weighted by Crippen LogP contribution is 2.42. The van der Waals surface area contributed by atoms with Crippen molar-refractivity contribution in [2.45, 2.75) is 31.3 Å². The second-order valence-electron chi connectivity index (χ2n) is 8.72. The smallest absolute Gasteiger partial charge is 0.428 e. The van der Waals surface area contributed by atoms with Gasteiger partial charge in [0.2, 0.25) is 0 Å². The number of nitrogens with one attached hydrogen (secondary N) is 1. The van der Waals surface area contributed by atoms with Crippen molar-refractivity contribution in [2.24, 2.45) is 5.10 Å². The molecule has 0 saturated carbocycles. The van der Waals surface area contributed by atoms with E-state index < -0.39 is 21.8 Å². The average molecular weight is 497 g/mol. The third-order valence-corrected chi connectivity index (χ3v) is 5.93. The Bertz CT molecular complexity index is 1570. The summed E-state index contributed by atoms with van der Waals surface area (Å²) >= 11 is 0. The van der Waals surface area contributed by atoms with E-state index in [1.54, 1.807) is 69.3 Å². The number of amides is 1. The van der Waals surface area contributed by atoms with Gasteiger partial charge in [0.05, 0.1) is 12.5 Å². The summed E-state index contributed by atoms with van der Waals surface area (Å²) in [6.45, 7) is 5.23. The molecular weight excluding hydrogens is 472 g/mol. The lowest BCUT2D eigenvalue weighted by Crippen LogP contribution is -2.30. The van der Waals surface area contributed by atoms with E-state index in [2.05, 4.69) is 10.5 Å². The molecule has 0 spiro atoms. The van der Waals surface area contributed by atoms with Gasteiger partial charge in [-0.3, -0.25) is 4.55 Å². The van der Waals surface area contributed by atoms with E-state index in [1.807, 2.05) is 0 Å². The van der Waals surface area contributed by atoms with Crippen LogP contribution in [0.3, 0.4) is 0 Å². The number of fused-ring (bicyclic) bond motifs is 2. The van der Waals surface area contributed by atoms with Gasteiger partial charge in [-0.25, -0.2) is 10.2 Å². The van der Waals surface area contributed by atoms with Gasteiger partial charge < -0.3 is 13.9 Å². The predicted octanol–water partition coefficient (Wildman–Crippen LogP) is 4.80. The normalized spacial score (nSPS) is 12.7. The van der Waals surface area contributed by atoms with Gasteiger partial charge in [-0.05, 0) is 51.1 Å². The van der Waals surface area contributed by atoms with Gasteiger partial charge in [-0.15, -0.1) is 0 Å². The third kappa shape index (κ3) is 5.28. The van der Waals surface area contributed by atoms with E-state index in [4.69, 9.17) is 13.9 Å². The minimum Gasteiger partial charge on any atom is -0.497 e. The molecule has 2 aliphatic rings. The van der Waals surface area contributed by atoms with E-state index in [9.17, 15) is 17.8 Å². The van der Waals surface area contributed by atoms with Crippen LogP contribution < -0.4 is 15.5 Å². The zero-order valence-electron chi connectivity index (χ0n) is 19.5. The number of ether oxygens (including phenoxy) is 2. The van der Waals surface area contributed by atoms with E-state index in [0.29, 0.717) is 44.5 Å². The number of methoxy groups -OCH3 is 1. The van der Waals surface area contributed by atoms with Crippen LogP contribution in [-0.2, 0) is 14.9 Å². The quantitative estimate of drug-likeness (QED) is 0.236. The minimum absolute atomic E-state index is 0.232. The SMILES string of the molecule is COc1ccc2c(-c3ccccc3S(=O)(=O)O)c3cc/c(=N/NC(=O)OC(C)(C)C)cc-3oc2c1. The molecular formula is C25H24N2O7S. The van der Waals surface area contributed by atoms with Gasteiger partial charge >= 0.3 is 6.09 Å². The standard InChI is InChI=1S/C25H24N2O7S/c1-25(2,3)34-24(28)27-26-15-9-11-17-20(13-15)33-21-14-16(32-4)10-12-18(21)23(17)19-7-5-6-8-22(19)35(29,30)31/h5-14H,1-4H3,(H,27,28)(H,29,30,31)/b26-15-. The molecule has 1 aliphatic carbocycles. The van der Waals surface area contributed by atoms with Gasteiger partial charge in [0.25, 0.3) is 10.1 Å². The van der Waals surface area contributed by atoms with Gasteiger partial charge in [0.1, 0.15) is 27.6 Å². The molecule has 4 rings (SSSR count). The Balaban J connectivity index is 1.96. The fraction of sp³-hybridized carbons (Fsp3) is 0.200. The molecule has 0 saturated heterocycles. The lowest BCUT2D eigenvalue weighted by atomic mass is 9.93. The van der Waals surface area contributed by atoms with Crippen molar-refractivity contribution in [2.75, 3.05) is 7.11 Å². The lowest BCUT2D eigenvalue weighted by Gasteiger charge is -2.18. The number of hydrogen-bond acceptors (Lipinski definition) is 7. The topological polar surface area (TPSA) is 127 Å². The second kappa shape index (κ2) is 9.05. The second-order valence-corrected chi connectivity index (χ2v) is 10.1. The predicted molar refractivity (Wildman–Crippen MR) is 130 cm³/mol. The first-order valence-corrected chi connectivity index (χ1v) is 12.0. The van der Waals surface area contributed by atoms with Crippen LogP contribution in [0.2, 0.25) is 0 Å². The Kier molecular flexibility index (Phi) is 6.27. The molecule has 10 heteroatoms. The van der Waals surface area contributed by atoms with Gasteiger partial charge in [0.15, 0.2) is 0 Å². The van der Waals surface area contributed by atoms with Gasteiger partial charge in [-0.2, -0.15) is 13.5 Å². The summed E-state index contributed by atoms with van der Waals surface area (Å²) < 4.78 is 50.8. The molecule has 0 fully saturated rings. The molecule has 0 unspecified atom stereocenters. The van der Waals surface area contributed by atoms with Crippen LogP contribution in [-0.4, -0.2) is 31.8 Å². The lowest BCUT2D eigenvalue weighted by molar-refractivity contribution is 0.0526. The Morgan fingerprint density at radius 1 is 1.03 bits per heavy atom. The molecule has 2 aromatic carbocycles. The molecule has 1 heterocycles. The van der Waals surface area contributed by atoms with E-state index in [1.165, 1.54) is 19.2 Å². The van der Waals surface area contributed by atoms with Crippen molar-refractivity contribution in [3.8, 4) is 28.2 Å². The van der Waals surface area contributed by atoms with Crippen molar-refractivity contribution < 1.29 is 31.7 Å². The van der Waals surface area contributed by atoms with Crippen LogP contribution in [0.15, 0.2) is 75.1 Å². The molecule has 9 nitrogen and oxygen atoms in total. The fourth-order valence-corrected chi connectivity index (χ4v) is 4.35. The summed E-state index contributed by atoms with van der Waals surface area (Å²) in [7, 11) is -2.98. The van der Waals surface area contributed by atoms with Gasteiger partial charge in [-0.1, -0.05) is 18.2 Å². The molecule has 182 valence electrons. The highest BCUT2D eigenvalue weighted by molar-refractivity contribution is 7.86. The van der Waals surface area contributed by atoms with Crippen molar-refractivity contribution >= 4 is 27.2 Å². The number of benzene rings is 3. The largest absolute Gasteiger partial charge is 0.497 e. The summed E-state index contributed by atoms with van der Waals surface area (Å²) in [5, 5.41) is 5.06. The number of nitrogens with zero attached hydrogens (tertiary/aromatic N) is 1. The van der Waals surface area contributed by atoms with Crippen LogP contribution in [0.5, 0.6) is 5.75 Å². The zero-order valence-corrected chi connectivity index (χ0v) is 20.3. The molecule has 0 aromatic heterocycles. The summed E-state index contributed by atoms with van der Waals surface area (Å²) in [6, 6.07) is 16.3. The maximum atomic E-state index is 12.1. The first kappa shape index (κ1) is 24.2. The van der Waals surface area contributed by atoms with E-state index in [0.717, 1.165) is 0 Å². The van der Waals surface area contributed by atoms with Crippen molar-refractivity contribution in [3.63, 3.8) is 0 Å². The summed E-state index contributed by atoms with van der Waals surface area (Å²) in [5.74, 6) is 0.917. The molecule has 0 atom stereocenters. The Labute approximate surface area is 202 Å². The molecule has 1 aliphatic heterocycles. The average Bonchev–Trinajstić information content (AvgIpc) is 2.79. The first-order valence-electron chi connectivity index (χ1n) is 10.6. The Hall–Kier alpha value is -3.89. The van der Waals surface area contributed by atoms with Crippen molar-refractivity contribution in [1.29, 1.82) is 0 Å². The highest BCUT2D eigenvalue weighted by Gasteiger charge is 2.23. The molecule has 1 amide bonds. The zero-order chi connectivity index (χ0) is 25.4. The molecule has 0 bridgehead atoms. The Morgan fingerprint density at radius 3 is 2.46 bits per heavy atom. The van der Waals surface area contributed by atoms with E-state index >= 15 is 0 Å². The molecule has 0 radical (unpaired) electrons. The number of carbonyl (C=O) groups excluding carboxylic acids is 1. The van der Waals surface area contributed by atoms with Crippen LogP contribution in [0, 0.1) is 0 Å². The number of carbonyl (C=O) groups is 1. The summed E-state index contributed by atoms with van der Waals surface area (Å²) in [4.78, 5) is 11.7. The van der Waals surface area contributed by atoms with Crippen LogP contribution in [0.1, 0.15) is 20.8 Å². The van der Waals surface area contributed by atoms with Crippen molar-refractivity contribution in [1.82, 2.24) is 5.43 Å². The first-order chi connectivity index (χ1) is 16.5. The summed E-state index contributed by atoms with van der Waals surface area (Å²) in [5.41, 5.74) is 3.52. The van der Waals surface area contributed by atoms with E-state index in [-0.39, 0.29) is 4.90 Å². The highest BCUT2D eigenvalue weighted by atomic mass is 32.2. The summed E-state index contributed by atoms with van der Waals surface area (Å²) in [6.07, 6.45) is -0.708. The minimum atomic E-state index is -4.51. The number of rotatable bonds is 4. The number of hydrogen-bond donors (Lipinski definition) is 2. The Morgan fingerprint density at radius 2 is 1.77 bits per heavy atom. The molecule has 2 N–H and O–H groups in total. The maximum Gasteiger partial charge on any atom is 0.428 e. The van der Waals surface area contributed by atoms with Crippen molar-refractivity contribution in [3.05, 3.63) is 66.0 Å². The molecule has 35 heavy (non-hydrogen) atoms. The van der Waals surface area contributed by atoms with Gasteiger partial charge in [0, 0.05) is 34.2 Å². The maximum absolute atomic E-state index is 12.1.